The number of carboxylic acids is 1. The highest BCUT2D eigenvalue weighted by molar-refractivity contribution is 5.96. The Bertz CT molecular complexity index is 1070. The van der Waals surface area contributed by atoms with E-state index >= 15 is 0 Å². The van der Waals surface area contributed by atoms with Gasteiger partial charge in [0.1, 0.15) is 6.54 Å². The van der Waals surface area contributed by atoms with Crippen molar-refractivity contribution in [1.29, 1.82) is 0 Å². The van der Waals surface area contributed by atoms with Gasteiger partial charge in [0.25, 0.3) is 5.91 Å². The van der Waals surface area contributed by atoms with Gasteiger partial charge in [0.15, 0.2) is 17.0 Å². The maximum Gasteiger partial charge on any atom is 0.323 e. The van der Waals surface area contributed by atoms with Crippen molar-refractivity contribution in [3.63, 3.8) is 0 Å². The van der Waals surface area contributed by atoms with Crippen molar-refractivity contribution in [2.75, 3.05) is 37.0 Å². The minimum Gasteiger partial charge on any atom is -0.480 e. The van der Waals surface area contributed by atoms with E-state index in [1.807, 2.05) is 11.9 Å². The van der Waals surface area contributed by atoms with Crippen LogP contribution in [-0.2, 0) is 11.3 Å². The van der Waals surface area contributed by atoms with Crippen LogP contribution >= 0.6 is 0 Å². The number of nitrogens with two attached hydrogens (primary N) is 2. The summed E-state index contributed by atoms with van der Waals surface area (Å²) in [5.41, 5.74) is 14.0. The average molecular weight is 396 g/mol. The Balaban J connectivity index is 1.74. The molecule has 0 saturated heterocycles. The summed E-state index contributed by atoms with van der Waals surface area (Å²) >= 11 is 0. The summed E-state index contributed by atoms with van der Waals surface area (Å²) in [5.74, 6) is -1.23. The number of carbonyl (C=O) groups excluding carboxylic acids is 1. The Hall–Kier alpha value is -4.02. The Morgan fingerprint density at radius 1 is 1.07 bits per heavy atom. The minimum absolute atomic E-state index is 0.0396. The van der Waals surface area contributed by atoms with Crippen LogP contribution in [0.5, 0.6) is 0 Å². The number of benzene rings is 1. The van der Waals surface area contributed by atoms with Gasteiger partial charge in [-0.15, -0.1) is 0 Å². The molecule has 0 spiro atoms. The lowest BCUT2D eigenvalue weighted by Gasteiger charge is -2.20. The third kappa shape index (κ3) is 4.46. The molecule has 0 saturated carbocycles. The van der Waals surface area contributed by atoms with Gasteiger partial charge in [-0.05, 0) is 24.3 Å². The second kappa shape index (κ2) is 7.92. The van der Waals surface area contributed by atoms with Crippen LogP contribution < -0.4 is 16.4 Å². The van der Waals surface area contributed by atoms with E-state index in [2.05, 4.69) is 19.9 Å². The Morgan fingerprint density at radius 2 is 1.76 bits per heavy atom. The van der Waals surface area contributed by atoms with Crippen molar-refractivity contribution in [1.82, 2.24) is 24.8 Å². The van der Waals surface area contributed by atoms with Gasteiger partial charge in [-0.1, -0.05) is 0 Å². The van der Waals surface area contributed by atoms with E-state index in [0.717, 1.165) is 10.6 Å². The standard InChI is InChI=1S/C18H20N8O3/c1-25(8-11-7-21-16-14(22-11)15(19)23-18(20)24-16)12-5-3-10(4-6-12)17(29)26(2)9-13(27)28/h3-7H,8-9H2,1-2H3,(H,27,28)(H4,19,20,21,23,24). The summed E-state index contributed by atoms with van der Waals surface area (Å²) in [4.78, 5) is 42.6. The number of carbonyl (C=O) groups is 2. The lowest BCUT2D eigenvalue weighted by atomic mass is 10.1. The first-order valence-corrected chi connectivity index (χ1v) is 8.57. The highest BCUT2D eigenvalue weighted by Gasteiger charge is 2.15. The highest BCUT2D eigenvalue weighted by atomic mass is 16.4. The fraction of sp³-hybridized carbons (Fsp3) is 0.222. The van der Waals surface area contributed by atoms with Crippen LogP contribution in [0.4, 0.5) is 17.5 Å². The third-order valence-electron chi connectivity index (χ3n) is 4.17. The fourth-order valence-corrected chi connectivity index (χ4v) is 2.75. The molecule has 0 atom stereocenters. The molecule has 5 N–H and O–H groups in total. The molecule has 0 fully saturated rings. The number of aromatic nitrogens is 4. The zero-order chi connectivity index (χ0) is 21.1. The van der Waals surface area contributed by atoms with E-state index < -0.39 is 5.97 Å². The molecule has 2 heterocycles. The Kier molecular flexibility index (Phi) is 5.39. The van der Waals surface area contributed by atoms with Crippen molar-refractivity contribution < 1.29 is 14.7 Å². The Labute approximate surface area is 166 Å². The number of fused-ring (bicyclic) bond motifs is 1. The van der Waals surface area contributed by atoms with Crippen LogP contribution in [0, 0.1) is 0 Å². The van der Waals surface area contributed by atoms with Crippen LogP contribution in [0.15, 0.2) is 30.5 Å². The van der Waals surface area contributed by atoms with E-state index in [4.69, 9.17) is 16.6 Å². The summed E-state index contributed by atoms with van der Waals surface area (Å²) in [6, 6.07) is 6.84. The monoisotopic (exact) mass is 396 g/mol. The molecule has 0 radical (unpaired) electrons. The van der Waals surface area contributed by atoms with E-state index in [1.54, 1.807) is 30.5 Å². The van der Waals surface area contributed by atoms with Crippen molar-refractivity contribution in [2.24, 2.45) is 0 Å². The van der Waals surface area contributed by atoms with Crippen LogP contribution in [0.2, 0.25) is 0 Å². The maximum absolute atomic E-state index is 12.2. The third-order valence-corrected chi connectivity index (χ3v) is 4.17. The van der Waals surface area contributed by atoms with Crippen LogP contribution in [-0.4, -0.2) is 62.5 Å². The lowest BCUT2D eigenvalue weighted by Crippen LogP contribution is -2.31. The number of hydrogen-bond donors (Lipinski definition) is 3. The van der Waals surface area contributed by atoms with Gasteiger partial charge in [0.05, 0.1) is 18.4 Å². The maximum atomic E-state index is 12.2. The second-order valence-corrected chi connectivity index (χ2v) is 6.46. The largest absolute Gasteiger partial charge is 0.480 e. The molecule has 1 aromatic carbocycles. The smallest absolute Gasteiger partial charge is 0.323 e. The van der Waals surface area contributed by atoms with E-state index in [1.165, 1.54) is 7.05 Å². The highest BCUT2D eigenvalue weighted by Crippen LogP contribution is 2.19. The van der Waals surface area contributed by atoms with Gasteiger partial charge < -0.3 is 26.4 Å². The van der Waals surface area contributed by atoms with Gasteiger partial charge in [-0.25, -0.2) is 9.97 Å². The van der Waals surface area contributed by atoms with Gasteiger partial charge >= 0.3 is 5.97 Å². The fourth-order valence-electron chi connectivity index (χ4n) is 2.75. The molecule has 0 bridgehead atoms. The summed E-state index contributed by atoms with van der Waals surface area (Å²) in [5, 5.41) is 8.80. The van der Waals surface area contributed by atoms with Crippen molar-refractivity contribution in [3.05, 3.63) is 41.7 Å². The van der Waals surface area contributed by atoms with Crippen LogP contribution in [0.1, 0.15) is 16.1 Å². The van der Waals surface area contributed by atoms with Crippen LogP contribution in [0.25, 0.3) is 11.2 Å². The molecular formula is C18H20N8O3. The summed E-state index contributed by atoms with van der Waals surface area (Å²) in [6.07, 6.45) is 1.59. The summed E-state index contributed by atoms with van der Waals surface area (Å²) < 4.78 is 0. The number of hydrogen-bond acceptors (Lipinski definition) is 9. The van der Waals surface area contributed by atoms with Gasteiger partial charge in [0.2, 0.25) is 5.95 Å². The van der Waals surface area contributed by atoms with E-state index in [0.29, 0.717) is 29.0 Å². The van der Waals surface area contributed by atoms with Crippen molar-refractivity contribution >= 4 is 40.5 Å². The zero-order valence-electron chi connectivity index (χ0n) is 15.9. The molecule has 3 rings (SSSR count). The first kappa shape index (κ1) is 19.7. The summed E-state index contributed by atoms with van der Waals surface area (Å²) in [6.45, 7) is 0.0680. The molecular weight excluding hydrogens is 376 g/mol. The number of nitrogens with zero attached hydrogens (tertiary/aromatic N) is 6. The average Bonchev–Trinajstić information content (AvgIpc) is 2.67. The quantitative estimate of drug-likeness (QED) is 0.530. The molecule has 150 valence electrons. The topological polar surface area (TPSA) is 164 Å². The number of carboxylic acid groups (broad SMARTS) is 1. The van der Waals surface area contributed by atoms with Crippen molar-refractivity contribution in [3.8, 4) is 0 Å². The second-order valence-electron chi connectivity index (χ2n) is 6.46. The normalized spacial score (nSPS) is 10.7. The molecule has 11 heteroatoms. The minimum atomic E-state index is -1.07. The molecule has 11 nitrogen and oxygen atoms in total. The molecule has 2 aromatic heterocycles. The molecule has 0 aliphatic rings. The van der Waals surface area contributed by atoms with Gasteiger partial charge in [-0.2, -0.15) is 9.97 Å². The van der Waals surface area contributed by atoms with Crippen LogP contribution in [0.3, 0.4) is 0 Å². The molecule has 29 heavy (non-hydrogen) atoms. The number of amides is 1. The lowest BCUT2D eigenvalue weighted by molar-refractivity contribution is -0.137. The zero-order valence-corrected chi connectivity index (χ0v) is 15.9. The number of nitrogen functional groups attached to an aromatic ring is 2. The van der Waals surface area contributed by atoms with E-state index in [9.17, 15) is 9.59 Å². The Morgan fingerprint density at radius 3 is 2.41 bits per heavy atom. The number of anilines is 3. The van der Waals surface area contributed by atoms with Gasteiger partial charge in [0, 0.05) is 25.3 Å². The molecule has 0 aliphatic heterocycles. The van der Waals surface area contributed by atoms with Gasteiger partial charge in [-0.3, -0.25) is 9.59 Å². The number of likely N-dealkylation sites (N-methyl/N-ethyl adjacent to an activating group) is 1. The predicted molar refractivity (Wildman–Crippen MR) is 107 cm³/mol. The first-order valence-electron chi connectivity index (χ1n) is 8.57. The number of rotatable bonds is 6. The number of aliphatic carboxylic acids is 1. The summed E-state index contributed by atoms with van der Waals surface area (Å²) in [7, 11) is 3.31. The molecule has 0 unspecified atom stereocenters. The molecule has 1 amide bonds. The van der Waals surface area contributed by atoms with E-state index in [-0.39, 0.29) is 24.2 Å². The molecule has 0 aliphatic carbocycles. The predicted octanol–water partition coefficient (Wildman–Crippen LogP) is 0.377. The molecule has 3 aromatic rings. The first-order chi connectivity index (χ1) is 13.7. The van der Waals surface area contributed by atoms with Crippen molar-refractivity contribution in [2.45, 2.75) is 6.54 Å². The SMILES string of the molecule is CN(CC(=O)O)C(=O)c1ccc(N(C)Cc2cnc3nc(N)nc(N)c3n2)cc1.